The zero-order valence-corrected chi connectivity index (χ0v) is 12.1. The van der Waals surface area contributed by atoms with Crippen LogP contribution in [0.15, 0.2) is 24.3 Å². The summed E-state index contributed by atoms with van der Waals surface area (Å²) in [6.45, 7) is 3.87. The molecule has 1 aromatic carbocycles. The van der Waals surface area contributed by atoms with Crippen LogP contribution in [0.3, 0.4) is 0 Å². The second-order valence-electron chi connectivity index (χ2n) is 5.65. The summed E-state index contributed by atoms with van der Waals surface area (Å²) in [6.07, 6.45) is 3.90. The molecule has 0 unspecified atom stereocenters. The Morgan fingerprint density at radius 2 is 1.95 bits per heavy atom. The van der Waals surface area contributed by atoms with Gasteiger partial charge < -0.3 is 15.7 Å². The van der Waals surface area contributed by atoms with Crippen molar-refractivity contribution >= 4 is 5.91 Å². The summed E-state index contributed by atoms with van der Waals surface area (Å²) in [5.41, 5.74) is 7.01. The van der Waals surface area contributed by atoms with Crippen LogP contribution in [-0.2, 0) is 11.2 Å². The molecule has 20 heavy (non-hydrogen) atoms. The maximum absolute atomic E-state index is 12.3. The lowest BCUT2D eigenvalue weighted by atomic mass is 9.94. The molecule has 1 aliphatic heterocycles. The van der Waals surface area contributed by atoms with Gasteiger partial charge in [-0.1, -0.05) is 25.5 Å². The van der Waals surface area contributed by atoms with Gasteiger partial charge in [0, 0.05) is 13.1 Å². The van der Waals surface area contributed by atoms with Gasteiger partial charge in [-0.2, -0.15) is 0 Å². The van der Waals surface area contributed by atoms with Gasteiger partial charge >= 0.3 is 0 Å². The van der Waals surface area contributed by atoms with E-state index in [4.69, 9.17) is 5.73 Å². The van der Waals surface area contributed by atoms with Gasteiger partial charge in [0.05, 0.1) is 6.04 Å². The lowest BCUT2D eigenvalue weighted by molar-refractivity contribution is -0.134. The van der Waals surface area contributed by atoms with Crippen LogP contribution in [0.25, 0.3) is 0 Å². The predicted octanol–water partition coefficient (Wildman–Crippen LogP) is 1.91. The molecule has 1 saturated heterocycles. The summed E-state index contributed by atoms with van der Waals surface area (Å²) in [5, 5.41) is 9.25. The molecule has 1 heterocycles. The first kappa shape index (κ1) is 14.9. The Morgan fingerprint density at radius 3 is 2.50 bits per heavy atom. The minimum absolute atomic E-state index is 0.0487. The molecule has 0 spiro atoms. The summed E-state index contributed by atoms with van der Waals surface area (Å²) in [4.78, 5) is 14.2. The highest BCUT2D eigenvalue weighted by Crippen LogP contribution is 2.20. The van der Waals surface area contributed by atoms with Crippen LogP contribution in [0.4, 0.5) is 0 Å². The number of piperidine rings is 1. The molecule has 0 bridgehead atoms. The Labute approximate surface area is 120 Å². The number of likely N-dealkylation sites (tertiary alicyclic amines) is 1. The molecule has 0 radical (unpaired) electrons. The molecule has 110 valence electrons. The van der Waals surface area contributed by atoms with Crippen LogP contribution in [0.2, 0.25) is 0 Å². The average Bonchev–Trinajstić information content (AvgIpc) is 2.49. The number of amides is 1. The third kappa shape index (κ3) is 3.73. The first-order chi connectivity index (χ1) is 9.60. The molecule has 1 aromatic rings. The normalized spacial score (nSPS) is 18.0. The van der Waals surface area contributed by atoms with E-state index < -0.39 is 6.04 Å². The van der Waals surface area contributed by atoms with E-state index in [-0.39, 0.29) is 11.7 Å². The maximum atomic E-state index is 12.3. The fraction of sp³-hybridized carbons (Fsp3) is 0.562. The lowest BCUT2D eigenvalue weighted by Gasteiger charge is -2.33. The zero-order chi connectivity index (χ0) is 14.5. The second kappa shape index (κ2) is 6.75. The highest BCUT2D eigenvalue weighted by Gasteiger charge is 2.25. The van der Waals surface area contributed by atoms with E-state index in [1.54, 1.807) is 12.1 Å². The third-order valence-corrected chi connectivity index (χ3v) is 4.21. The molecule has 3 N–H and O–H groups in total. The van der Waals surface area contributed by atoms with Crippen molar-refractivity contribution in [3.8, 4) is 5.75 Å². The molecule has 0 aliphatic carbocycles. The summed E-state index contributed by atoms with van der Waals surface area (Å²) >= 11 is 0. The molecule has 1 atom stereocenters. The van der Waals surface area contributed by atoms with Crippen LogP contribution in [0.5, 0.6) is 5.75 Å². The van der Waals surface area contributed by atoms with Gasteiger partial charge in [-0.05, 0) is 42.9 Å². The number of aromatic hydroxyl groups is 1. The van der Waals surface area contributed by atoms with Crippen molar-refractivity contribution in [2.45, 2.75) is 38.6 Å². The largest absolute Gasteiger partial charge is 0.508 e. The summed E-state index contributed by atoms with van der Waals surface area (Å²) in [5.74, 6) is 1.04. The number of carbonyl (C=O) groups is 1. The van der Waals surface area contributed by atoms with Crippen molar-refractivity contribution in [1.29, 1.82) is 0 Å². The second-order valence-corrected chi connectivity index (χ2v) is 5.65. The molecular weight excluding hydrogens is 252 g/mol. The molecule has 2 rings (SSSR count). The van der Waals surface area contributed by atoms with Gasteiger partial charge in [-0.3, -0.25) is 4.79 Å². The van der Waals surface area contributed by atoms with Crippen LogP contribution in [0, 0.1) is 5.92 Å². The average molecular weight is 276 g/mol. The molecule has 0 saturated carbocycles. The van der Waals surface area contributed by atoms with Crippen LogP contribution in [-0.4, -0.2) is 35.0 Å². The molecule has 1 aliphatic rings. The number of hydrogen-bond acceptors (Lipinski definition) is 3. The zero-order valence-electron chi connectivity index (χ0n) is 12.1. The Hall–Kier alpha value is -1.55. The SMILES string of the molecule is CCC1CCN(C(=O)[C@H](N)Cc2ccc(O)cc2)CC1. The van der Waals surface area contributed by atoms with Crippen LogP contribution in [0.1, 0.15) is 31.7 Å². The van der Waals surface area contributed by atoms with Crippen molar-refractivity contribution in [3.05, 3.63) is 29.8 Å². The summed E-state index contributed by atoms with van der Waals surface area (Å²) < 4.78 is 0. The quantitative estimate of drug-likeness (QED) is 0.883. The van der Waals surface area contributed by atoms with Crippen molar-refractivity contribution < 1.29 is 9.90 Å². The van der Waals surface area contributed by atoms with E-state index in [9.17, 15) is 9.90 Å². The molecule has 0 aromatic heterocycles. The predicted molar refractivity (Wildman–Crippen MR) is 79.4 cm³/mol. The first-order valence-corrected chi connectivity index (χ1v) is 7.42. The van der Waals surface area contributed by atoms with Crippen molar-refractivity contribution in [3.63, 3.8) is 0 Å². The van der Waals surface area contributed by atoms with E-state index in [0.29, 0.717) is 6.42 Å². The lowest BCUT2D eigenvalue weighted by Crippen LogP contribution is -2.48. The molecular formula is C16H24N2O2. The number of nitrogens with zero attached hydrogens (tertiary/aromatic N) is 1. The monoisotopic (exact) mass is 276 g/mol. The van der Waals surface area contributed by atoms with E-state index >= 15 is 0 Å². The van der Waals surface area contributed by atoms with Gasteiger partial charge in [0.25, 0.3) is 0 Å². The van der Waals surface area contributed by atoms with Gasteiger partial charge in [-0.15, -0.1) is 0 Å². The van der Waals surface area contributed by atoms with Gasteiger partial charge in [0.1, 0.15) is 5.75 Å². The fourth-order valence-corrected chi connectivity index (χ4v) is 2.77. The molecule has 1 amide bonds. The summed E-state index contributed by atoms with van der Waals surface area (Å²) in [7, 11) is 0. The minimum atomic E-state index is -0.488. The van der Waals surface area contributed by atoms with Gasteiger partial charge in [0.15, 0.2) is 0 Å². The molecule has 4 nitrogen and oxygen atoms in total. The smallest absolute Gasteiger partial charge is 0.239 e. The summed E-state index contributed by atoms with van der Waals surface area (Å²) in [6, 6.07) is 6.38. The molecule has 1 fully saturated rings. The number of nitrogens with two attached hydrogens (primary N) is 1. The topological polar surface area (TPSA) is 66.6 Å². The Kier molecular flexibility index (Phi) is 5.01. The number of benzene rings is 1. The van der Waals surface area contributed by atoms with Crippen LogP contribution >= 0.6 is 0 Å². The van der Waals surface area contributed by atoms with E-state index in [0.717, 1.165) is 37.4 Å². The first-order valence-electron chi connectivity index (χ1n) is 7.42. The number of phenols is 1. The fourth-order valence-electron chi connectivity index (χ4n) is 2.77. The Bertz CT molecular complexity index is 436. The maximum Gasteiger partial charge on any atom is 0.239 e. The van der Waals surface area contributed by atoms with Crippen molar-refractivity contribution in [2.75, 3.05) is 13.1 Å². The van der Waals surface area contributed by atoms with E-state index in [1.165, 1.54) is 6.42 Å². The molecule has 4 heteroatoms. The number of hydrogen-bond donors (Lipinski definition) is 2. The van der Waals surface area contributed by atoms with Gasteiger partial charge in [0.2, 0.25) is 5.91 Å². The van der Waals surface area contributed by atoms with E-state index in [2.05, 4.69) is 6.92 Å². The number of phenolic OH excluding ortho intramolecular Hbond substituents is 1. The highest BCUT2D eigenvalue weighted by molar-refractivity contribution is 5.82. The Morgan fingerprint density at radius 1 is 1.35 bits per heavy atom. The Balaban J connectivity index is 1.87. The van der Waals surface area contributed by atoms with Crippen LogP contribution < -0.4 is 5.73 Å². The standard InChI is InChI=1S/C16H24N2O2/c1-2-12-7-9-18(10-8-12)16(20)15(17)11-13-3-5-14(19)6-4-13/h3-6,12,15,19H,2,7-11,17H2,1H3/t15-/m1/s1. The number of rotatable bonds is 4. The van der Waals surface area contributed by atoms with Crippen molar-refractivity contribution in [2.24, 2.45) is 11.7 Å². The minimum Gasteiger partial charge on any atom is -0.508 e. The van der Waals surface area contributed by atoms with Crippen molar-refractivity contribution in [1.82, 2.24) is 4.90 Å². The van der Waals surface area contributed by atoms with Gasteiger partial charge in [-0.25, -0.2) is 0 Å². The third-order valence-electron chi connectivity index (χ3n) is 4.21. The highest BCUT2D eigenvalue weighted by atomic mass is 16.3. The number of carbonyl (C=O) groups excluding carboxylic acids is 1. The van der Waals surface area contributed by atoms with E-state index in [1.807, 2.05) is 17.0 Å².